The summed E-state index contributed by atoms with van der Waals surface area (Å²) in [6.07, 6.45) is 6.19. The monoisotopic (exact) mass is 335 g/mol. The lowest BCUT2D eigenvalue weighted by molar-refractivity contribution is -0.185. The van der Waals surface area contributed by atoms with Gasteiger partial charge in [0.25, 0.3) is 0 Å². The third-order valence-corrected chi connectivity index (χ3v) is 7.91. The van der Waals surface area contributed by atoms with Gasteiger partial charge in [0.05, 0.1) is 10.5 Å². The minimum absolute atomic E-state index is 0.310. The van der Waals surface area contributed by atoms with E-state index in [1.54, 1.807) is 31.4 Å². The largest absolute Gasteiger partial charge is 0.376 e. The van der Waals surface area contributed by atoms with E-state index in [-0.39, 0.29) is 5.60 Å². The molecule has 1 aromatic rings. The Hall–Kier alpha value is -0.910. The molecule has 0 saturated heterocycles. The van der Waals surface area contributed by atoms with E-state index in [0.29, 0.717) is 23.3 Å². The molecule has 1 N–H and O–H groups in total. The quantitative estimate of drug-likeness (QED) is 0.900. The fourth-order valence-corrected chi connectivity index (χ4v) is 6.66. The molecule has 0 atom stereocenters. The first-order chi connectivity index (χ1) is 11.0. The standard InChI is InChI=1S/C18H25NO3S/c1-22-18(12-19-23(20,21)17-5-3-2-4-6-17)15-8-13-7-14(10-15)11-16(18)9-13/h2-6,13-16,19H,7-12H2,1H3. The number of ether oxygens (including phenoxy) is 1. The molecule has 1 aromatic carbocycles. The summed E-state index contributed by atoms with van der Waals surface area (Å²) >= 11 is 0. The molecule has 0 radical (unpaired) electrons. The molecule has 23 heavy (non-hydrogen) atoms. The predicted octanol–water partition coefficient (Wildman–Crippen LogP) is 2.81. The molecule has 126 valence electrons. The number of benzene rings is 1. The second kappa shape index (κ2) is 5.57. The molecule has 4 saturated carbocycles. The van der Waals surface area contributed by atoms with E-state index in [1.165, 1.54) is 32.1 Å². The number of methoxy groups -OCH3 is 1. The molecule has 0 amide bonds. The maximum Gasteiger partial charge on any atom is 0.240 e. The van der Waals surface area contributed by atoms with E-state index in [2.05, 4.69) is 4.72 Å². The summed E-state index contributed by atoms with van der Waals surface area (Å²) in [6, 6.07) is 8.61. The van der Waals surface area contributed by atoms with Gasteiger partial charge in [0.15, 0.2) is 0 Å². The fourth-order valence-electron chi connectivity index (χ4n) is 5.57. The zero-order valence-electron chi connectivity index (χ0n) is 13.6. The third-order valence-electron chi connectivity index (χ3n) is 6.49. The van der Waals surface area contributed by atoms with Crippen molar-refractivity contribution in [3.8, 4) is 0 Å². The van der Waals surface area contributed by atoms with Crippen LogP contribution in [0.5, 0.6) is 0 Å². The Labute approximate surface area is 138 Å². The van der Waals surface area contributed by atoms with Crippen LogP contribution in [0.15, 0.2) is 35.2 Å². The van der Waals surface area contributed by atoms with Crippen LogP contribution in [0.2, 0.25) is 0 Å². The zero-order chi connectivity index (χ0) is 16.1. The van der Waals surface area contributed by atoms with Crippen LogP contribution in [0.4, 0.5) is 0 Å². The number of hydrogen-bond acceptors (Lipinski definition) is 3. The Bertz CT molecular complexity index is 643. The van der Waals surface area contributed by atoms with Crippen LogP contribution >= 0.6 is 0 Å². The molecule has 0 spiro atoms. The van der Waals surface area contributed by atoms with Crippen molar-refractivity contribution >= 4 is 10.0 Å². The Morgan fingerprint density at radius 1 is 1.04 bits per heavy atom. The summed E-state index contributed by atoms with van der Waals surface area (Å²) < 4.78 is 34.0. The second-order valence-corrected chi connectivity index (χ2v) is 9.37. The highest BCUT2D eigenvalue weighted by Crippen LogP contribution is 2.59. The van der Waals surface area contributed by atoms with Gasteiger partial charge in [-0.2, -0.15) is 0 Å². The van der Waals surface area contributed by atoms with Crippen LogP contribution in [-0.4, -0.2) is 27.7 Å². The molecule has 5 heteroatoms. The zero-order valence-corrected chi connectivity index (χ0v) is 14.4. The van der Waals surface area contributed by atoms with Crippen LogP contribution in [0.3, 0.4) is 0 Å². The number of rotatable bonds is 5. The SMILES string of the molecule is COC1(CNS(=O)(=O)c2ccccc2)C2CC3CC(C2)CC1C3. The van der Waals surface area contributed by atoms with Crippen LogP contribution in [0.1, 0.15) is 32.1 Å². The Morgan fingerprint density at radius 3 is 2.13 bits per heavy atom. The Kier molecular flexibility index (Phi) is 3.78. The first kappa shape index (κ1) is 15.6. The molecule has 4 fully saturated rings. The molecule has 4 aliphatic rings. The summed E-state index contributed by atoms with van der Waals surface area (Å²) in [5, 5.41) is 0. The maximum atomic E-state index is 12.6. The van der Waals surface area contributed by atoms with Gasteiger partial charge < -0.3 is 4.74 Å². The highest BCUT2D eigenvalue weighted by Gasteiger charge is 2.57. The van der Waals surface area contributed by atoms with Crippen molar-refractivity contribution in [1.29, 1.82) is 0 Å². The van der Waals surface area contributed by atoms with Crippen LogP contribution in [0.25, 0.3) is 0 Å². The maximum absolute atomic E-state index is 12.6. The van der Waals surface area contributed by atoms with Gasteiger partial charge in [-0.25, -0.2) is 13.1 Å². The summed E-state index contributed by atoms with van der Waals surface area (Å²) in [6.45, 7) is 0.398. The normalized spacial score (nSPS) is 38.8. The van der Waals surface area contributed by atoms with E-state index in [4.69, 9.17) is 4.74 Å². The molecule has 0 unspecified atom stereocenters. The van der Waals surface area contributed by atoms with Gasteiger partial charge in [-0.1, -0.05) is 18.2 Å². The lowest BCUT2D eigenvalue weighted by Gasteiger charge is -2.60. The van der Waals surface area contributed by atoms with Crippen LogP contribution in [0, 0.1) is 23.7 Å². The molecule has 0 heterocycles. The van der Waals surface area contributed by atoms with E-state index in [0.717, 1.165) is 11.8 Å². The fraction of sp³-hybridized carbons (Fsp3) is 0.667. The summed E-state index contributed by atoms with van der Waals surface area (Å²) in [4.78, 5) is 0.329. The van der Waals surface area contributed by atoms with Gasteiger partial charge in [0.1, 0.15) is 0 Å². The molecular formula is C18H25NO3S. The van der Waals surface area contributed by atoms with Crippen molar-refractivity contribution in [2.45, 2.75) is 42.6 Å². The van der Waals surface area contributed by atoms with Gasteiger partial charge >= 0.3 is 0 Å². The van der Waals surface area contributed by atoms with Gasteiger partial charge in [-0.15, -0.1) is 0 Å². The van der Waals surface area contributed by atoms with E-state index < -0.39 is 10.0 Å². The number of nitrogens with one attached hydrogen (secondary N) is 1. The lowest BCUT2D eigenvalue weighted by atomic mass is 9.50. The summed E-state index contributed by atoms with van der Waals surface area (Å²) in [5.74, 6) is 2.68. The van der Waals surface area contributed by atoms with Crippen molar-refractivity contribution in [3.63, 3.8) is 0 Å². The number of sulfonamides is 1. The molecule has 4 bridgehead atoms. The average Bonchev–Trinajstić information content (AvgIpc) is 2.55. The van der Waals surface area contributed by atoms with Crippen molar-refractivity contribution in [2.75, 3.05) is 13.7 Å². The van der Waals surface area contributed by atoms with Crippen molar-refractivity contribution < 1.29 is 13.2 Å². The first-order valence-electron chi connectivity index (χ1n) is 8.63. The van der Waals surface area contributed by atoms with Crippen molar-refractivity contribution in [3.05, 3.63) is 30.3 Å². The summed E-state index contributed by atoms with van der Waals surface area (Å²) in [5.41, 5.74) is -0.310. The first-order valence-corrected chi connectivity index (χ1v) is 10.1. The van der Waals surface area contributed by atoms with E-state index in [1.807, 2.05) is 6.07 Å². The Balaban J connectivity index is 1.55. The lowest BCUT2D eigenvalue weighted by Crippen LogP contribution is -2.63. The topological polar surface area (TPSA) is 55.4 Å². The second-order valence-electron chi connectivity index (χ2n) is 7.60. The molecule has 0 aromatic heterocycles. The Morgan fingerprint density at radius 2 is 1.61 bits per heavy atom. The molecule has 0 aliphatic heterocycles. The van der Waals surface area contributed by atoms with Gasteiger partial charge in [-0.05, 0) is 67.9 Å². The van der Waals surface area contributed by atoms with Crippen LogP contribution in [-0.2, 0) is 14.8 Å². The van der Waals surface area contributed by atoms with Crippen molar-refractivity contribution in [2.24, 2.45) is 23.7 Å². The van der Waals surface area contributed by atoms with Gasteiger partial charge in [-0.3, -0.25) is 0 Å². The number of hydrogen-bond donors (Lipinski definition) is 1. The molecule has 4 aliphatic carbocycles. The van der Waals surface area contributed by atoms with Gasteiger partial charge in [0, 0.05) is 13.7 Å². The molecule has 5 rings (SSSR count). The van der Waals surface area contributed by atoms with E-state index in [9.17, 15) is 8.42 Å². The third kappa shape index (κ3) is 2.53. The van der Waals surface area contributed by atoms with Crippen LogP contribution < -0.4 is 4.72 Å². The van der Waals surface area contributed by atoms with Gasteiger partial charge in [0.2, 0.25) is 10.0 Å². The smallest absolute Gasteiger partial charge is 0.240 e. The molecular weight excluding hydrogens is 310 g/mol. The van der Waals surface area contributed by atoms with Crippen molar-refractivity contribution in [1.82, 2.24) is 4.72 Å². The van der Waals surface area contributed by atoms with E-state index >= 15 is 0 Å². The minimum atomic E-state index is -3.47. The highest BCUT2D eigenvalue weighted by atomic mass is 32.2. The average molecular weight is 335 g/mol. The minimum Gasteiger partial charge on any atom is -0.376 e. The summed E-state index contributed by atoms with van der Waals surface area (Å²) in [7, 11) is -1.71. The molecule has 4 nitrogen and oxygen atoms in total. The predicted molar refractivity (Wildman–Crippen MR) is 88.4 cm³/mol. The highest BCUT2D eigenvalue weighted by molar-refractivity contribution is 7.89.